The molecule has 4 aromatic rings. The minimum atomic E-state index is -0.591. The number of benzene rings is 4. The molecule has 0 atom stereocenters. The number of hydrazone groups is 1. The van der Waals surface area contributed by atoms with Crippen molar-refractivity contribution in [1.29, 1.82) is 0 Å². The lowest BCUT2D eigenvalue weighted by Gasteiger charge is -2.11. The van der Waals surface area contributed by atoms with E-state index in [1.165, 1.54) is 11.8 Å². The van der Waals surface area contributed by atoms with Gasteiger partial charge in [0, 0.05) is 5.56 Å². The molecular formula is C28H23ClN2O4. The Balaban J connectivity index is 1.49. The van der Waals surface area contributed by atoms with Crippen LogP contribution in [-0.4, -0.2) is 24.7 Å². The lowest BCUT2D eigenvalue weighted by atomic mass is 10.0. The number of rotatable bonds is 8. The smallest absolute Gasteiger partial charge is 0.345 e. The molecule has 0 bridgehead atoms. The average molecular weight is 487 g/mol. The molecule has 0 aliphatic carbocycles. The number of fused-ring (bicyclic) bond motifs is 1. The number of ether oxygens (including phenoxy) is 2. The summed E-state index contributed by atoms with van der Waals surface area (Å²) in [4.78, 5) is 25.0. The van der Waals surface area contributed by atoms with Gasteiger partial charge in [-0.2, -0.15) is 5.10 Å². The van der Waals surface area contributed by atoms with Gasteiger partial charge in [0.1, 0.15) is 11.5 Å². The first-order valence-electron chi connectivity index (χ1n) is 11.1. The number of carbonyl (C=O) groups excluding carboxylic acids is 2. The summed E-state index contributed by atoms with van der Waals surface area (Å²) in [5, 5.41) is 6.10. The van der Waals surface area contributed by atoms with Crippen molar-refractivity contribution >= 4 is 40.5 Å². The topological polar surface area (TPSA) is 77.0 Å². The molecule has 0 aliphatic rings. The molecule has 1 amide bonds. The Bertz CT molecular complexity index is 1380. The molecule has 4 aromatic carbocycles. The highest BCUT2D eigenvalue weighted by atomic mass is 35.5. The van der Waals surface area contributed by atoms with Crippen molar-refractivity contribution in [1.82, 2.24) is 5.43 Å². The highest BCUT2D eigenvalue weighted by Gasteiger charge is 2.16. The van der Waals surface area contributed by atoms with Gasteiger partial charge in [-0.05, 0) is 53.1 Å². The predicted molar refractivity (Wildman–Crippen MR) is 137 cm³/mol. The maximum atomic E-state index is 12.7. The van der Waals surface area contributed by atoms with Crippen LogP contribution in [-0.2, 0) is 11.2 Å². The molecule has 35 heavy (non-hydrogen) atoms. The van der Waals surface area contributed by atoms with Crippen molar-refractivity contribution in [3.05, 3.63) is 107 Å². The molecule has 0 unspecified atom stereocenters. The van der Waals surface area contributed by atoms with E-state index in [2.05, 4.69) is 17.5 Å². The van der Waals surface area contributed by atoms with Crippen LogP contribution in [0.15, 0.2) is 90.0 Å². The first-order valence-corrected chi connectivity index (χ1v) is 11.4. The SMILES string of the molecule is CCc1ccc(OCC(=O)N/N=C/c2c(OC(=O)c3ccccc3Cl)ccc3ccccc23)cc1. The molecule has 0 aromatic heterocycles. The van der Waals surface area contributed by atoms with Crippen molar-refractivity contribution < 1.29 is 19.1 Å². The Morgan fingerprint density at radius 3 is 2.46 bits per heavy atom. The Morgan fingerprint density at radius 1 is 0.943 bits per heavy atom. The maximum Gasteiger partial charge on any atom is 0.345 e. The third-order valence-corrected chi connectivity index (χ3v) is 5.64. The monoisotopic (exact) mass is 486 g/mol. The van der Waals surface area contributed by atoms with Crippen LogP contribution in [0, 0.1) is 0 Å². The largest absolute Gasteiger partial charge is 0.484 e. The van der Waals surface area contributed by atoms with E-state index in [1.807, 2.05) is 54.6 Å². The van der Waals surface area contributed by atoms with Gasteiger partial charge in [0.15, 0.2) is 6.61 Å². The summed E-state index contributed by atoms with van der Waals surface area (Å²) in [6.07, 6.45) is 2.38. The lowest BCUT2D eigenvalue weighted by molar-refractivity contribution is -0.123. The quantitative estimate of drug-likeness (QED) is 0.148. The minimum Gasteiger partial charge on any atom is -0.484 e. The van der Waals surface area contributed by atoms with E-state index in [1.54, 1.807) is 30.3 Å². The Morgan fingerprint density at radius 2 is 1.69 bits per heavy atom. The van der Waals surface area contributed by atoms with Crippen LogP contribution in [0.3, 0.4) is 0 Å². The number of aryl methyl sites for hydroxylation is 1. The third kappa shape index (κ3) is 6.05. The van der Waals surface area contributed by atoms with E-state index < -0.39 is 11.9 Å². The van der Waals surface area contributed by atoms with Gasteiger partial charge in [-0.15, -0.1) is 0 Å². The number of hydrogen-bond acceptors (Lipinski definition) is 5. The molecular weight excluding hydrogens is 464 g/mol. The molecule has 0 saturated heterocycles. The van der Waals surface area contributed by atoms with E-state index in [9.17, 15) is 9.59 Å². The Kier molecular flexibility index (Phi) is 7.75. The molecule has 4 rings (SSSR count). The second kappa shape index (κ2) is 11.3. The highest BCUT2D eigenvalue weighted by molar-refractivity contribution is 6.33. The third-order valence-electron chi connectivity index (χ3n) is 5.31. The predicted octanol–water partition coefficient (Wildman–Crippen LogP) is 5.80. The Labute approximate surface area is 208 Å². The van der Waals surface area contributed by atoms with E-state index in [4.69, 9.17) is 21.1 Å². The van der Waals surface area contributed by atoms with Crippen LogP contribution in [0.5, 0.6) is 11.5 Å². The summed E-state index contributed by atoms with van der Waals surface area (Å²) in [5.41, 5.74) is 4.44. The van der Waals surface area contributed by atoms with Crippen molar-refractivity contribution in [3.63, 3.8) is 0 Å². The first-order chi connectivity index (χ1) is 17.0. The van der Waals surface area contributed by atoms with Crippen LogP contribution in [0.1, 0.15) is 28.4 Å². The molecule has 6 nitrogen and oxygen atoms in total. The number of halogens is 1. The fourth-order valence-electron chi connectivity index (χ4n) is 3.45. The van der Waals surface area contributed by atoms with E-state index in [-0.39, 0.29) is 12.2 Å². The second-order valence-electron chi connectivity index (χ2n) is 7.65. The van der Waals surface area contributed by atoms with Gasteiger partial charge in [-0.25, -0.2) is 10.2 Å². The van der Waals surface area contributed by atoms with Crippen molar-refractivity contribution in [3.8, 4) is 11.5 Å². The maximum absolute atomic E-state index is 12.7. The summed E-state index contributed by atoms with van der Waals surface area (Å²) in [6, 6.07) is 25.3. The van der Waals surface area contributed by atoms with Crippen molar-refractivity contribution in [2.24, 2.45) is 5.10 Å². The fraction of sp³-hybridized carbons (Fsp3) is 0.107. The first kappa shape index (κ1) is 24.0. The number of amides is 1. The van der Waals surface area contributed by atoms with Gasteiger partial charge in [-0.1, -0.05) is 73.1 Å². The standard InChI is InChI=1S/C28H23ClN2O4/c1-2-19-11-14-21(15-12-19)34-18-27(32)31-30-17-24-22-8-4-3-7-20(22)13-16-26(24)35-28(33)23-9-5-6-10-25(23)29/h3-17H,2,18H2,1H3,(H,31,32)/b30-17+. The molecule has 0 fully saturated rings. The number of esters is 1. The highest BCUT2D eigenvalue weighted by Crippen LogP contribution is 2.28. The lowest BCUT2D eigenvalue weighted by Crippen LogP contribution is -2.24. The minimum absolute atomic E-state index is 0.188. The molecule has 0 aliphatic heterocycles. The van der Waals surface area contributed by atoms with Gasteiger partial charge < -0.3 is 9.47 Å². The van der Waals surface area contributed by atoms with Gasteiger partial charge >= 0.3 is 5.97 Å². The van der Waals surface area contributed by atoms with Gasteiger partial charge in [0.05, 0.1) is 16.8 Å². The normalized spacial score (nSPS) is 10.9. The molecule has 0 spiro atoms. The van der Waals surface area contributed by atoms with Crippen LogP contribution < -0.4 is 14.9 Å². The van der Waals surface area contributed by atoms with E-state index >= 15 is 0 Å². The summed E-state index contributed by atoms with van der Waals surface area (Å²) in [5.74, 6) is -0.120. The number of nitrogens with one attached hydrogen (secondary N) is 1. The Hall–Kier alpha value is -4.16. The van der Waals surface area contributed by atoms with Crippen molar-refractivity contribution in [2.75, 3.05) is 6.61 Å². The van der Waals surface area contributed by atoms with Crippen LogP contribution in [0.25, 0.3) is 10.8 Å². The zero-order valence-electron chi connectivity index (χ0n) is 19.0. The molecule has 1 N–H and O–H groups in total. The summed E-state index contributed by atoms with van der Waals surface area (Å²) < 4.78 is 11.2. The van der Waals surface area contributed by atoms with E-state index in [0.717, 1.165) is 17.2 Å². The fourth-order valence-corrected chi connectivity index (χ4v) is 3.66. The zero-order chi connectivity index (χ0) is 24.6. The zero-order valence-corrected chi connectivity index (χ0v) is 19.8. The van der Waals surface area contributed by atoms with Gasteiger partial charge in [0.25, 0.3) is 5.91 Å². The number of nitrogens with zero attached hydrogens (tertiary/aromatic N) is 1. The molecule has 0 saturated carbocycles. The summed E-state index contributed by atoms with van der Waals surface area (Å²) in [6.45, 7) is 1.88. The van der Waals surface area contributed by atoms with Gasteiger partial charge in [0.2, 0.25) is 0 Å². The molecule has 0 heterocycles. The summed E-state index contributed by atoms with van der Waals surface area (Å²) in [7, 11) is 0. The van der Waals surface area contributed by atoms with Crippen LogP contribution in [0.2, 0.25) is 5.02 Å². The molecule has 0 radical (unpaired) electrons. The van der Waals surface area contributed by atoms with Crippen LogP contribution >= 0.6 is 11.6 Å². The van der Waals surface area contributed by atoms with Crippen LogP contribution in [0.4, 0.5) is 0 Å². The second-order valence-corrected chi connectivity index (χ2v) is 8.05. The van der Waals surface area contributed by atoms with E-state index in [0.29, 0.717) is 22.1 Å². The average Bonchev–Trinajstić information content (AvgIpc) is 2.89. The van der Waals surface area contributed by atoms with Crippen molar-refractivity contribution in [2.45, 2.75) is 13.3 Å². The van der Waals surface area contributed by atoms with Gasteiger partial charge in [-0.3, -0.25) is 4.79 Å². The number of hydrogen-bond donors (Lipinski definition) is 1. The molecule has 176 valence electrons. The number of carbonyl (C=O) groups is 2. The molecule has 7 heteroatoms. The summed E-state index contributed by atoms with van der Waals surface area (Å²) >= 11 is 6.14.